The zero-order valence-electron chi connectivity index (χ0n) is 15.2. The van der Waals surface area contributed by atoms with Gasteiger partial charge < -0.3 is 8.98 Å². The Morgan fingerprint density at radius 2 is 1.38 bits per heavy atom. The molecule has 2 heterocycles. The van der Waals surface area contributed by atoms with Crippen LogP contribution in [0.15, 0.2) is 98.6 Å². The van der Waals surface area contributed by atoms with Crippen LogP contribution in [-0.2, 0) is 0 Å². The van der Waals surface area contributed by atoms with Crippen molar-refractivity contribution in [2.75, 3.05) is 0 Å². The molecule has 4 heteroatoms. The molecule has 6 aromatic rings. The molecule has 0 atom stereocenters. The van der Waals surface area contributed by atoms with Crippen molar-refractivity contribution in [1.29, 1.82) is 0 Å². The van der Waals surface area contributed by atoms with Gasteiger partial charge in [-0.25, -0.2) is 4.79 Å². The zero-order valence-corrected chi connectivity index (χ0v) is 16.8. The molecular weight excluding hydrogens is 426 g/mol. The second-order valence-corrected chi connectivity index (χ2v) is 8.05. The Morgan fingerprint density at radius 3 is 2.21 bits per heavy atom. The third-order valence-corrected chi connectivity index (χ3v) is 6.03. The van der Waals surface area contributed by atoms with E-state index >= 15 is 0 Å². The Balaban J connectivity index is 1.85. The van der Waals surface area contributed by atoms with Gasteiger partial charge in [0, 0.05) is 31.7 Å². The van der Waals surface area contributed by atoms with Crippen molar-refractivity contribution >= 4 is 59.5 Å². The first-order valence-electron chi connectivity index (χ1n) is 9.35. The molecule has 3 nitrogen and oxygen atoms in total. The second-order valence-electron chi connectivity index (χ2n) is 7.13. The van der Waals surface area contributed by atoms with Crippen LogP contribution in [-0.4, -0.2) is 4.57 Å². The van der Waals surface area contributed by atoms with E-state index in [1.165, 1.54) is 0 Å². The van der Waals surface area contributed by atoms with Gasteiger partial charge in [-0.2, -0.15) is 0 Å². The van der Waals surface area contributed by atoms with Gasteiger partial charge >= 0.3 is 5.63 Å². The lowest BCUT2D eigenvalue weighted by molar-refractivity contribution is 0.570. The molecule has 0 fully saturated rings. The number of halogens is 1. The summed E-state index contributed by atoms with van der Waals surface area (Å²) in [5, 5.41) is 4.74. The largest absolute Gasteiger partial charge is 0.422 e. The van der Waals surface area contributed by atoms with E-state index in [0.717, 1.165) is 42.7 Å². The van der Waals surface area contributed by atoms with Crippen molar-refractivity contribution in [2.45, 2.75) is 0 Å². The number of rotatable bonds is 1. The molecule has 138 valence electrons. The summed E-state index contributed by atoms with van der Waals surface area (Å²) in [7, 11) is 0. The van der Waals surface area contributed by atoms with Gasteiger partial charge in [0.2, 0.25) is 0 Å². The van der Waals surface area contributed by atoms with Crippen molar-refractivity contribution in [3.63, 3.8) is 0 Å². The fourth-order valence-electron chi connectivity index (χ4n) is 4.21. The lowest BCUT2D eigenvalue weighted by Gasteiger charge is -2.09. The summed E-state index contributed by atoms with van der Waals surface area (Å²) in [5.74, 6) is 0. The van der Waals surface area contributed by atoms with Crippen LogP contribution in [0, 0.1) is 0 Å². The van der Waals surface area contributed by atoms with E-state index < -0.39 is 0 Å². The molecule has 0 spiro atoms. The number of nitrogens with zero attached hydrogens (tertiary/aromatic N) is 1. The Bertz CT molecular complexity index is 1620. The highest BCUT2D eigenvalue weighted by atomic mass is 79.9. The normalized spacial score (nSPS) is 11.8. The molecular formula is C25H14BrNO2. The molecule has 0 saturated heterocycles. The lowest BCUT2D eigenvalue weighted by atomic mass is 10.0. The molecule has 0 aliphatic carbocycles. The highest BCUT2D eigenvalue weighted by Gasteiger charge is 2.16. The van der Waals surface area contributed by atoms with Gasteiger partial charge in [0.1, 0.15) is 5.58 Å². The fraction of sp³-hybridized carbons (Fsp3) is 0. The Labute approximate surface area is 173 Å². The number of benzene rings is 4. The predicted molar refractivity (Wildman–Crippen MR) is 122 cm³/mol. The monoisotopic (exact) mass is 439 g/mol. The van der Waals surface area contributed by atoms with Crippen LogP contribution >= 0.6 is 15.9 Å². The number of hydrogen-bond acceptors (Lipinski definition) is 2. The Kier molecular flexibility index (Phi) is 3.46. The highest BCUT2D eigenvalue weighted by Crippen LogP contribution is 2.36. The van der Waals surface area contributed by atoms with Gasteiger partial charge in [0.15, 0.2) is 0 Å². The van der Waals surface area contributed by atoms with Crippen LogP contribution in [0.2, 0.25) is 0 Å². The molecule has 29 heavy (non-hydrogen) atoms. The zero-order chi connectivity index (χ0) is 19.5. The molecule has 0 aliphatic rings. The van der Waals surface area contributed by atoms with Gasteiger partial charge in [-0.1, -0.05) is 52.3 Å². The average Bonchev–Trinajstić information content (AvgIpc) is 3.07. The molecule has 0 radical (unpaired) electrons. The topological polar surface area (TPSA) is 35.1 Å². The highest BCUT2D eigenvalue weighted by molar-refractivity contribution is 9.10. The summed E-state index contributed by atoms with van der Waals surface area (Å²) >= 11 is 3.51. The smallest absolute Gasteiger partial charge is 0.344 e. The van der Waals surface area contributed by atoms with Crippen molar-refractivity contribution < 1.29 is 4.42 Å². The van der Waals surface area contributed by atoms with Crippen molar-refractivity contribution in [3.05, 3.63) is 99.8 Å². The maximum absolute atomic E-state index is 12.8. The summed E-state index contributed by atoms with van der Waals surface area (Å²) in [6.07, 6.45) is 0. The van der Waals surface area contributed by atoms with Crippen LogP contribution < -0.4 is 5.63 Å². The van der Waals surface area contributed by atoms with Crippen molar-refractivity contribution in [2.24, 2.45) is 0 Å². The van der Waals surface area contributed by atoms with Crippen LogP contribution in [0.3, 0.4) is 0 Å². The Morgan fingerprint density at radius 1 is 0.655 bits per heavy atom. The van der Waals surface area contributed by atoms with Gasteiger partial charge in [-0.05, 0) is 48.5 Å². The molecule has 0 amide bonds. The summed E-state index contributed by atoms with van der Waals surface area (Å²) in [4.78, 5) is 12.8. The van der Waals surface area contributed by atoms with Crippen LogP contribution in [0.1, 0.15) is 0 Å². The minimum atomic E-state index is -0.312. The minimum absolute atomic E-state index is 0.312. The molecule has 6 rings (SSSR count). The maximum atomic E-state index is 12.8. The number of para-hydroxylation sites is 2. The second kappa shape index (κ2) is 6.06. The van der Waals surface area contributed by atoms with E-state index in [0.29, 0.717) is 11.0 Å². The van der Waals surface area contributed by atoms with Gasteiger partial charge in [0.25, 0.3) is 0 Å². The summed E-state index contributed by atoms with van der Waals surface area (Å²) < 4.78 is 8.82. The molecule has 4 aromatic carbocycles. The fourth-order valence-corrected chi connectivity index (χ4v) is 4.47. The SMILES string of the molecule is O=c1oc2ccccc2c2cc3c4ccccc4n(-c4ccc(Br)cc4)c3cc12. The molecule has 0 N–H and O–H groups in total. The molecule has 0 unspecified atom stereocenters. The van der Waals surface area contributed by atoms with Crippen LogP contribution in [0.25, 0.3) is 49.2 Å². The first-order valence-corrected chi connectivity index (χ1v) is 10.1. The van der Waals surface area contributed by atoms with Crippen molar-refractivity contribution in [3.8, 4) is 5.69 Å². The summed E-state index contributed by atoms with van der Waals surface area (Å²) in [6, 6.07) is 28.3. The molecule has 2 aromatic heterocycles. The van der Waals surface area contributed by atoms with E-state index in [2.05, 4.69) is 56.9 Å². The van der Waals surface area contributed by atoms with E-state index in [4.69, 9.17) is 4.42 Å². The number of fused-ring (bicyclic) bond motifs is 6. The summed E-state index contributed by atoms with van der Waals surface area (Å²) in [5.41, 5.74) is 3.44. The van der Waals surface area contributed by atoms with E-state index in [1.54, 1.807) is 0 Å². The first kappa shape index (κ1) is 16.6. The van der Waals surface area contributed by atoms with Crippen molar-refractivity contribution in [1.82, 2.24) is 4.57 Å². The van der Waals surface area contributed by atoms with E-state index in [-0.39, 0.29) is 5.63 Å². The van der Waals surface area contributed by atoms with E-state index in [1.807, 2.05) is 48.5 Å². The molecule has 0 aliphatic heterocycles. The predicted octanol–water partition coefficient (Wildman–Crippen LogP) is 6.81. The quantitative estimate of drug-likeness (QED) is 0.208. The Hall–Kier alpha value is -3.37. The van der Waals surface area contributed by atoms with Gasteiger partial charge in [-0.15, -0.1) is 0 Å². The maximum Gasteiger partial charge on any atom is 0.344 e. The summed E-state index contributed by atoms with van der Waals surface area (Å²) in [6.45, 7) is 0. The van der Waals surface area contributed by atoms with Gasteiger partial charge in [-0.3, -0.25) is 0 Å². The standard InChI is InChI=1S/C25H14BrNO2/c26-15-9-11-16(12-10-15)27-22-7-3-1-5-17(22)20-13-19-18-6-2-4-8-24(18)29-25(28)21(19)14-23(20)27/h1-14H. The minimum Gasteiger partial charge on any atom is -0.422 e. The van der Waals surface area contributed by atoms with E-state index in [9.17, 15) is 4.79 Å². The third-order valence-electron chi connectivity index (χ3n) is 5.50. The lowest BCUT2D eigenvalue weighted by Crippen LogP contribution is -2.00. The van der Waals surface area contributed by atoms with Crippen LogP contribution in [0.4, 0.5) is 0 Å². The average molecular weight is 440 g/mol. The van der Waals surface area contributed by atoms with Gasteiger partial charge in [0.05, 0.1) is 16.4 Å². The number of hydrogen-bond donors (Lipinski definition) is 0. The molecule has 0 saturated carbocycles. The number of aromatic nitrogens is 1. The molecule has 0 bridgehead atoms. The van der Waals surface area contributed by atoms with Crippen LogP contribution in [0.5, 0.6) is 0 Å². The first-order chi connectivity index (χ1) is 14.2. The third kappa shape index (κ3) is 2.39.